The van der Waals surface area contributed by atoms with Crippen LogP contribution in [0.5, 0.6) is 0 Å². The quantitative estimate of drug-likeness (QED) is 0.812. The first-order valence-corrected chi connectivity index (χ1v) is 9.94. The Morgan fingerprint density at radius 3 is 2.18 bits per heavy atom. The summed E-state index contributed by atoms with van der Waals surface area (Å²) in [5, 5.41) is 3.62. The summed E-state index contributed by atoms with van der Waals surface area (Å²) in [4.78, 5) is 28.6. The van der Waals surface area contributed by atoms with Gasteiger partial charge in [0.1, 0.15) is 0 Å². The summed E-state index contributed by atoms with van der Waals surface area (Å²) in [5.41, 5.74) is 3.25. The Hall–Kier alpha value is -2.37. The third-order valence-corrected chi connectivity index (χ3v) is 5.22. The molecule has 0 unspecified atom stereocenters. The van der Waals surface area contributed by atoms with Crippen LogP contribution in [0.15, 0.2) is 48.5 Å². The van der Waals surface area contributed by atoms with E-state index in [1.807, 2.05) is 60.4 Å². The first-order valence-electron chi connectivity index (χ1n) is 9.56. The summed E-state index contributed by atoms with van der Waals surface area (Å²) in [6, 6.07) is 15.5. The minimum Gasteiger partial charge on any atom is -0.351 e. The molecule has 148 valence electrons. The van der Waals surface area contributed by atoms with Gasteiger partial charge in [-0.1, -0.05) is 53.6 Å². The number of benzene rings is 2. The first-order chi connectivity index (χ1) is 13.5. The van der Waals surface area contributed by atoms with Crippen molar-refractivity contribution in [2.24, 2.45) is 0 Å². The summed E-state index contributed by atoms with van der Waals surface area (Å²) in [5.74, 6) is 0.144. The lowest BCUT2D eigenvalue weighted by Crippen LogP contribution is -2.51. The van der Waals surface area contributed by atoms with E-state index in [-0.39, 0.29) is 11.8 Å². The molecule has 0 bridgehead atoms. The lowest BCUT2D eigenvalue weighted by Gasteiger charge is -2.34. The molecule has 2 aromatic carbocycles. The SMILES string of the molecule is Cc1ccc(CC(=O)N2CCN(CC(=O)NCc3ccc(Cl)cc3)CC2)cc1. The molecule has 0 radical (unpaired) electrons. The molecule has 0 saturated carbocycles. The van der Waals surface area contributed by atoms with Crippen LogP contribution in [0.3, 0.4) is 0 Å². The lowest BCUT2D eigenvalue weighted by molar-refractivity contribution is -0.132. The number of halogens is 1. The molecule has 0 spiro atoms. The van der Waals surface area contributed by atoms with Crippen molar-refractivity contribution in [1.29, 1.82) is 0 Å². The Balaban J connectivity index is 1.38. The van der Waals surface area contributed by atoms with Crippen LogP contribution in [0.4, 0.5) is 0 Å². The summed E-state index contributed by atoms with van der Waals surface area (Å²) in [6.45, 7) is 5.64. The molecule has 0 atom stereocenters. The number of amides is 2. The second-order valence-corrected chi connectivity index (χ2v) is 7.66. The van der Waals surface area contributed by atoms with Gasteiger partial charge in [-0.25, -0.2) is 0 Å². The average molecular weight is 400 g/mol. The largest absolute Gasteiger partial charge is 0.351 e. The molecule has 1 aliphatic heterocycles. The molecular formula is C22H26ClN3O2. The zero-order valence-corrected chi connectivity index (χ0v) is 16.9. The average Bonchev–Trinajstić information content (AvgIpc) is 2.70. The van der Waals surface area contributed by atoms with Gasteiger partial charge in [0.2, 0.25) is 11.8 Å². The molecule has 28 heavy (non-hydrogen) atoms. The van der Waals surface area contributed by atoms with Crippen molar-refractivity contribution < 1.29 is 9.59 Å². The topological polar surface area (TPSA) is 52.7 Å². The van der Waals surface area contributed by atoms with E-state index in [1.165, 1.54) is 5.56 Å². The number of hydrogen-bond acceptors (Lipinski definition) is 3. The summed E-state index contributed by atoms with van der Waals surface area (Å²) >= 11 is 5.87. The molecule has 2 amide bonds. The van der Waals surface area contributed by atoms with Crippen LogP contribution >= 0.6 is 11.6 Å². The van der Waals surface area contributed by atoms with Gasteiger partial charge in [0.25, 0.3) is 0 Å². The highest BCUT2D eigenvalue weighted by Gasteiger charge is 2.22. The molecule has 3 rings (SSSR count). The number of aryl methyl sites for hydroxylation is 1. The Labute approximate surface area is 171 Å². The fourth-order valence-electron chi connectivity index (χ4n) is 3.21. The van der Waals surface area contributed by atoms with Crippen LogP contribution in [-0.2, 0) is 22.6 Å². The summed E-state index contributed by atoms with van der Waals surface area (Å²) < 4.78 is 0. The van der Waals surface area contributed by atoms with Crippen molar-refractivity contribution in [1.82, 2.24) is 15.1 Å². The van der Waals surface area contributed by atoms with Gasteiger partial charge in [-0.3, -0.25) is 14.5 Å². The van der Waals surface area contributed by atoms with Gasteiger partial charge in [0, 0.05) is 37.7 Å². The van der Waals surface area contributed by atoms with Crippen molar-refractivity contribution in [2.45, 2.75) is 19.9 Å². The minimum atomic E-state index is -0.00520. The third-order valence-electron chi connectivity index (χ3n) is 4.97. The molecule has 1 aliphatic rings. The number of nitrogens with zero attached hydrogens (tertiary/aromatic N) is 2. The van der Waals surface area contributed by atoms with E-state index in [1.54, 1.807) is 0 Å². The predicted octanol–water partition coefficient (Wildman–Crippen LogP) is 2.65. The molecule has 6 heteroatoms. The van der Waals surface area contributed by atoms with Crippen molar-refractivity contribution in [3.8, 4) is 0 Å². The van der Waals surface area contributed by atoms with Crippen LogP contribution in [0.25, 0.3) is 0 Å². The van der Waals surface area contributed by atoms with Gasteiger partial charge in [0.15, 0.2) is 0 Å². The number of rotatable bonds is 6. The van der Waals surface area contributed by atoms with E-state index in [2.05, 4.69) is 10.2 Å². The number of carbonyl (C=O) groups is 2. The second kappa shape index (κ2) is 9.71. The second-order valence-electron chi connectivity index (χ2n) is 7.22. The zero-order chi connectivity index (χ0) is 19.9. The van der Waals surface area contributed by atoms with E-state index >= 15 is 0 Å². The van der Waals surface area contributed by atoms with Crippen LogP contribution in [0.2, 0.25) is 5.02 Å². The Kier molecular flexibility index (Phi) is 7.06. The molecule has 0 aliphatic carbocycles. The molecule has 0 aromatic heterocycles. The Morgan fingerprint density at radius 1 is 0.929 bits per heavy atom. The van der Waals surface area contributed by atoms with Crippen LogP contribution in [0, 0.1) is 6.92 Å². The van der Waals surface area contributed by atoms with E-state index in [4.69, 9.17) is 11.6 Å². The normalized spacial score (nSPS) is 14.7. The molecule has 5 nitrogen and oxygen atoms in total. The van der Waals surface area contributed by atoms with E-state index in [0.29, 0.717) is 50.7 Å². The standard InChI is InChI=1S/C22H26ClN3O2/c1-17-2-4-18(5-3-17)14-22(28)26-12-10-25(11-13-26)16-21(27)24-15-19-6-8-20(23)9-7-19/h2-9H,10-16H2,1H3,(H,24,27). The summed E-state index contributed by atoms with van der Waals surface area (Å²) in [7, 11) is 0. The molecule has 1 fully saturated rings. The van der Waals surface area contributed by atoms with Gasteiger partial charge in [-0.15, -0.1) is 0 Å². The zero-order valence-electron chi connectivity index (χ0n) is 16.2. The molecular weight excluding hydrogens is 374 g/mol. The van der Waals surface area contributed by atoms with Crippen molar-refractivity contribution in [2.75, 3.05) is 32.7 Å². The van der Waals surface area contributed by atoms with Gasteiger partial charge in [-0.05, 0) is 30.2 Å². The number of piperazine rings is 1. The third kappa shape index (κ3) is 6.08. The van der Waals surface area contributed by atoms with Crippen molar-refractivity contribution in [3.63, 3.8) is 0 Å². The number of hydrogen-bond donors (Lipinski definition) is 1. The van der Waals surface area contributed by atoms with Gasteiger partial charge >= 0.3 is 0 Å². The maximum Gasteiger partial charge on any atom is 0.234 e. The Bertz CT molecular complexity index is 798. The minimum absolute atomic E-state index is 0.00520. The highest BCUT2D eigenvalue weighted by atomic mass is 35.5. The van der Waals surface area contributed by atoms with Gasteiger partial charge < -0.3 is 10.2 Å². The predicted molar refractivity (Wildman–Crippen MR) is 111 cm³/mol. The smallest absolute Gasteiger partial charge is 0.234 e. The first kappa shape index (κ1) is 20.4. The highest BCUT2D eigenvalue weighted by molar-refractivity contribution is 6.30. The maximum atomic E-state index is 12.5. The van der Waals surface area contributed by atoms with Crippen LogP contribution < -0.4 is 5.32 Å². The molecule has 1 saturated heterocycles. The van der Waals surface area contributed by atoms with E-state index in [9.17, 15) is 9.59 Å². The Morgan fingerprint density at radius 2 is 1.54 bits per heavy atom. The maximum absolute atomic E-state index is 12.5. The summed E-state index contributed by atoms with van der Waals surface area (Å²) in [6.07, 6.45) is 0.432. The fourth-order valence-corrected chi connectivity index (χ4v) is 3.34. The van der Waals surface area contributed by atoms with Crippen molar-refractivity contribution >= 4 is 23.4 Å². The number of nitrogens with one attached hydrogen (secondary N) is 1. The highest BCUT2D eigenvalue weighted by Crippen LogP contribution is 2.10. The van der Waals surface area contributed by atoms with E-state index < -0.39 is 0 Å². The van der Waals surface area contributed by atoms with Crippen LogP contribution in [-0.4, -0.2) is 54.3 Å². The fraction of sp³-hybridized carbons (Fsp3) is 0.364. The van der Waals surface area contributed by atoms with Crippen LogP contribution in [0.1, 0.15) is 16.7 Å². The van der Waals surface area contributed by atoms with Crippen molar-refractivity contribution in [3.05, 3.63) is 70.2 Å². The monoisotopic (exact) mass is 399 g/mol. The lowest BCUT2D eigenvalue weighted by atomic mass is 10.1. The van der Waals surface area contributed by atoms with Gasteiger partial charge in [-0.2, -0.15) is 0 Å². The molecule has 2 aromatic rings. The number of carbonyl (C=O) groups excluding carboxylic acids is 2. The molecule has 1 heterocycles. The molecule has 1 N–H and O–H groups in total. The van der Waals surface area contributed by atoms with E-state index in [0.717, 1.165) is 11.1 Å². The van der Waals surface area contributed by atoms with Gasteiger partial charge in [0.05, 0.1) is 13.0 Å².